The molecule has 4 heterocycles. The second-order valence-electron chi connectivity index (χ2n) is 14.3. The Kier molecular flexibility index (Phi) is 10.6. The van der Waals surface area contributed by atoms with Crippen molar-refractivity contribution in [2.45, 2.75) is 107 Å². The summed E-state index contributed by atoms with van der Waals surface area (Å²) in [6.07, 6.45) is 14.7. The maximum atomic E-state index is 14.6. The minimum Gasteiger partial charge on any atom is -0.497 e. The summed E-state index contributed by atoms with van der Waals surface area (Å²) in [5.74, 6) is -1.66. The van der Waals surface area contributed by atoms with Crippen LogP contribution in [-0.4, -0.2) is 91.1 Å². The van der Waals surface area contributed by atoms with E-state index >= 15 is 0 Å². The Bertz CT molecular complexity index is 1790. The van der Waals surface area contributed by atoms with Crippen LogP contribution in [0.25, 0.3) is 22.0 Å². The number of thiazole rings is 1. The molecule has 3 aromatic rings. The summed E-state index contributed by atoms with van der Waals surface area (Å²) in [6, 6.07) is 4.73. The van der Waals surface area contributed by atoms with Crippen molar-refractivity contribution in [1.82, 2.24) is 40.8 Å². The first kappa shape index (κ1) is 35.6. The predicted molar refractivity (Wildman–Crippen MR) is 193 cm³/mol. The molecule has 15 heteroatoms. The van der Waals surface area contributed by atoms with Gasteiger partial charge in [0, 0.05) is 42.1 Å². The minimum atomic E-state index is -1.43. The third-order valence-electron chi connectivity index (χ3n) is 10.8. The van der Waals surface area contributed by atoms with E-state index in [1.165, 1.54) is 16.2 Å². The average Bonchev–Trinajstić information content (AvgIpc) is 3.60. The van der Waals surface area contributed by atoms with E-state index in [4.69, 9.17) is 14.9 Å². The molecule has 0 unspecified atom stereocenters. The Hall–Kier alpha value is -4.79. The topological polar surface area (TPSA) is 181 Å². The van der Waals surface area contributed by atoms with Gasteiger partial charge in [-0.15, -0.1) is 16.4 Å². The highest BCUT2D eigenvalue weighted by Gasteiger charge is 2.61. The highest BCUT2D eigenvalue weighted by molar-refractivity contribution is 7.13. The van der Waals surface area contributed by atoms with Crippen LogP contribution in [0.15, 0.2) is 48.0 Å². The number of methoxy groups -OCH3 is 1. The van der Waals surface area contributed by atoms with E-state index in [1.807, 2.05) is 41.8 Å². The number of carboxylic acid groups (broad SMARTS) is 1. The lowest BCUT2D eigenvalue weighted by Crippen LogP contribution is -2.57. The molecule has 14 nitrogen and oxygen atoms in total. The predicted octanol–water partition coefficient (Wildman–Crippen LogP) is 4.70. The van der Waals surface area contributed by atoms with Crippen LogP contribution in [-0.2, 0) is 14.4 Å². The van der Waals surface area contributed by atoms with Gasteiger partial charge in [-0.25, -0.2) is 14.6 Å². The molecule has 2 aliphatic heterocycles. The van der Waals surface area contributed by atoms with Gasteiger partial charge in [0.25, 0.3) is 0 Å². The largest absolute Gasteiger partial charge is 0.497 e. The molecule has 4 aliphatic rings. The van der Waals surface area contributed by atoms with Gasteiger partial charge in [-0.05, 0) is 62.8 Å². The number of aromatic nitrogens is 4. The maximum absolute atomic E-state index is 14.6. The lowest BCUT2D eigenvalue weighted by Gasteiger charge is -2.30. The fourth-order valence-corrected chi connectivity index (χ4v) is 8.41. The van der Waals surface area contributed by atoms with Gasteiger partial charge in [-0.2, -0.15) is 9.90 Å². The number of hydrogen-bond donors (Lipinski definition) is 4. The third-order valence-corrected chi connectivity index (χ3v) is 11.6. The fourth-order valence-electron chi connectivity index (χ4n) is 7.79. The Morgan fingerprint density at radius 2 is 1.75 bits per heavy atom. The molecule has 3 fully saturated rings. The van der Waals surface area contributed by atoms with Gasteiger partial charge in [0.1, 0.15) is 39.8 Å². The molecule has 0 spiro atoms. The molecule has 7 rings (SSSR count). The number of nitrogens with one attached hydrogen (secondary N) is 3. The molecule has 4 amide bonds. The minimum absolute atomic E-state index is 0.0594. The van der Waals surface area contributed by atoms with Crippen LogP contribution in [0.1, 0.15) is 83.1 Å². The smallest absolute Gasteiger partial charge is 0.330 e. The van der Waals surface area contributed by atoms with Crippen LogP contribution in [0, 0.1) is 5.92 Å². The number of aliphatic carboxylic acids is 1. The molecule has 2 saturated carbocycles. The Balaban J connectivity index is 1.20. The van der Waals surface area contributed by atoms with E-state index < -0.39 is 35.5 Å². The number of benzene rings is 1. The van der Waals surface area contributed by atoms with Gasteiger partial charge in [0.05, 0.1) is 13.2 Å². The van der Waals surface area contributed by atoms with E-state index in [0.717, 1.165) is 56.9 Å². The number of ether oxygens (including phenoxy) is 1. The molecule has 276 valence electrons. The summed E-state index contributed by atoms with van der Waals surface area (Å²) in [7, 11) is 1.60. The molecule has 0 radical (unpaired) electrons. The number of amides is 4. The highest BCUT2D eigenvalue weighted by atomic mass is 32.1. The molecular weight excluding hydrogens is 685 g/mol. The van der Waals surface area contributed by atoms with Crippen LogP contribution >= 0.6 is 11.3 Å². The van der Waals surface area contributed by atoms with Crippen LogP contribution in [0.2, 0.25) is 0 Å². The first-order valence-electron chi connectivity index (χ1n) is 18.4. The molecule has 5 atom stereocenters. The number of rotatable bonds is 7. The normalized spacial score (nSPS) is 27.1. The van der Waals surface area contributed by atoms with Gasteiger partial charge in [0.15, 0.2) is 0 Å². The van der Waals surface area contributed by atoms with E-state index in [1.54, 1.807) is 18.1 Å². The molecule has 2 aromatic heterocycles. The molecule has 52 heavy (non-hydrogen) atoms. The number of nitrogens with zero attached hydrogens (tertiary/aromatic N) is 5. The van der Waals surface area contributed by atoms with Crippen molar-refractivity contribution < 1.29 is 29.0 Å². The number of allylic oxidation sites excluding steroid dienone is 1. The third kappa shape index (κ3) is 7.55. The summed E-state index contributed by atoms with van der Waals surface area (Å²) >= 11 is 1.43. The van der Waals surface area contributed by atoms with Crippen molar-refractivity contribution in [1.29, 1.82) is 0 Å². The number of carbonyl (C=O) groups excluding carboxylic acids is 3. The van der Waals surface area contributed by atoms with Gasteiger partial charge in [-0.1, -0.05) is 44.3 Å². The van der Waals surface area contributed by atoms with Crippen molar-refractivity contribution in [3.05, 3.63) is 48.0 Å². The standard InChI is InChI=1S/C37H46N8O6S/c1-51-27-16-14-23(15-17-27)30-31(33-38-18-19-52-33)43-45(42-30)26-20-29-32(46)41-37(35(48)49)21-24(37)10-6-3-2-4-9-13-28(34(47)44(29)22-26)40-36(50)39-25-11-7-5-8-12-25/h6,10,14-19,24-26,28-29H,2-5,7-9,11-13,20-22H2,1H3,(H,41,46)(H,48,49)(H2,39,40,50)/t24-,26-,28-,29+,37+/m1/s1. The molecule has 2 aliphatic carbocycles. The zero-order valence-electron chi connectivity index (χ0n) is 29.3. The molecule has 0 bridgehead atoms. The number of urea groups is 1. The quantitative estimate of drug-likeness (QED) is 0.251. The summed E-state index contributed by atoms with van der Waals surface area (Å²) in [6.45, 7) is 0.0940. The van der Waals surface area contributed by atoms with Crippen LogP contribution in [0.5, 0.6) is 5.75 Å². The van der Waals surface area contributed by atoms with E-state index in [2.05, 4.69) is 20.9 Å². The SMILES string of the molecule is COc1ccc(-c2nn([C@@H]3C[C@H]4C(=O)N[C@@]5(C(=O)O)C[C@H]5C=CCCCCC[C@@H](NC(=O)NC5CCCCC5)C(=O)N4C3)nc2-c2nccs2)cc1. The lowest BCUT2D eigenvalue weighted by atomic mass is 9.96. The molecule has 1 aromatic carbocycles. The van der Waals surface area contributed by atoms with Gasteiger partial charge in [0.2, 0.25) is 11.8 Å². The van der Waals surface area contributed by atoms with E-state index in [9.17, 15) is 24.3 Å². The van der Waals surface area contributed by atoms with Gasteiger partial charge in [-0.3, -0.25) is 9.59 Å². The number of hydrogen-bond acceptors (Lipinski definition) is 9. The van der Waals surface area contributed by atoms with Crippen molar-refractivity contribution in [2.24, 2.45) is 5.92 Å². The number of fused-ring (bicyclic) bond motifs is 2. The van der Waals surface area contributed by atoms with Crippen molar-refractivity contribution in [3.63, 3.8) is 0 Å². The fraction of sp³-hybridized carbons (Fsp3) is 0.541. The van der Waals surface area contributed by atoms with Crippen LogP contribution in [0.3, 0.4) is 0 Å². The first-order valence-corrected chi connectivity index (χ1v) is 19.2. The summed E-state index contributed by atoms with van der Waals surface area (Å²) in [5.41, 5.74) is 0.524. The Labute approximate surface area is 306 Å². The Morgan fingerprint density at radius 1 is 1.00 bits per heavy atom. The van der Waals surface area contributed by atoms with Crippen molar-refractivity contribution in [2.75, 3.05) is 13.7 Å². The highest BCUT2D eigenvalue weighted by Crippen LogP contribution is 2.46. The van der Waals surface area contributed by atoms with Crippen LogP contribution in [0.4, 0.5) is 4.79 Å². The number of carbonyl (C=O) groups is 4. The second-order valence-corrected chi connectivity index (χ2v) is 15.2. The zero-order chi connectivity index (χ0) is 36.2. The van der Waals surface area contributed by atoms with Crippen molar-refractivity contribution in [3.8, 4) is 27.7 Å². The van der Waals surface area contributed by atoms with E-state index in [-0.39, 0.29) is 43.3 Å². The van der Waals surface area contributed by atoms with Crippen LogP contribution < -0.4 is 20.7 Å². The zero-order valence-corrected chi connectivity index (χ0v) is 30.1. The maximum Gasteiger partial charge on any atom is 0.330 e. The average molecular weight is 731 g/mol. The van der Waals surface area contributed by atoms with Gasteiger partial charge >= 0.3 is 12.0 Å². The molecular formula is C37H46N8O6S. The summed E-state index contributed by atoms with van der Waals surface area (Å²) in [4.78, 5) is 62.1. The summed E-state index contributed by atoms with van der Waals surface area (Å²) in [5, 5.41) is 31.4. The lowest BCUT2D eigenvalue weighted by molar-refractivity contribution is -0.145. The monoisotopic (exact) mass is 730 g/mol. The first-order chi connectivity index (χ1) is 25.3. The molecule has 1 saturated heterocycles. The molecule has 4 N–H and O–H groups in total. The second kappa shape index (κ2) is 15.4. The Morgan fingerprint density at radius 3 is 2.48 bits per heavy atom. The number of carboxylic acids is 1. The summed E-state index contributed by atoms with van der Waals surface area (Å²) < 4.78 is 5.35. The van der Waals surface area contributed by atoms with Crippen molar-refractivity contribution >= 4 is 35.2 Å². The van der Waals surface area contributed by atoms with E-state index in [0.29, 0.717) is 35.0 Å². The van der Waals surface area contributed by atoms with Gasteiger partial charge < -0.3 is 30.7 Å².